The summed E-state index contributed by atoms with van der Waals surface area (Å²) in [6, 6.07) is 10.4. The lowest BCUT2D eigenvalue weighted by Gasteiger charge is -2.19. The maximum absolute atomic E-state index is 14.2. The zero-order valence-electron chi connectivity index (χ0n) is 11.5. The van der Waals surface area contributed by atoms with Gasteiger partial charge in [-0.05, 0) is 53.2 Å². The third kappa shape index (κ3) is 3.90. The van der Waals surface area contributed by atoms with Gasteiger partial charge in [0.1, 0.15) is 11.6 Å². The van der Waals surface area contributed by atoms with Gasteiger partial charge in [-0.2, -0.15) is 0 Å². The van der Waals surface area contributed by atoms with Gasteiger partial charge in [-0.15, -0.1) is 0 Å². The zero-order chi connectivity index (χ0) is 15.4. The van der Waals surface area contributed by atoms with Crippen molar-refractivity contribution in [3.05, 3.63) is 68.1 Å². The van der Waals surface area contributed by atoms with E-state index in [-0.39, 0.29) is 16.0 Å². The van der Waals surface area contributed by atoms with Gasteiger partial charge in [-0.1, -0.05) is 34.1 Å². The summed E-state index contributed by atoms with van der Waals surface area (Å²) < 4.78 is 29.3. The van der Waals surface area contributed by atoms with Crippen molar-refractivity contribution >= 4 is 31.9 Å². The first-order valence-electron chi connectivity index (χ1n) is 6.56. The monoisotopic (exact) mass is 417 g/mol. The molecule has 0 aromatic heterocycles. The third-order valence-corrected chi connectivity index (χ3v) is 4.72. The molecule has 2 aromatic carbocycles. The van der Waals surface area contributed by atoms with Crippen LogP contribution in [-0.2, 0) is 6.42 Å². The van der Waals surface area contributed by atoms with Gasteiger partial charge < -0.3 is 5.32 Å². The van der Waals surface area contributed by atoms with E-state index in [1.807, 2.05) is 31.3 Å². The van der Waals surface area contributed by atoms with Crippen LogP contribution in [0.1, 0.15) is 17.0 Å². The number of hydrogen-bond donors (Lipinski definition) is 1. The van der Waals surface area contributed by atoms with E-state index in [0.717, 1.165) is 10.0 Å². The van der Waals surface area contributed by atoms with Gasteiger partial charge in [0.15, 0.2) is 0 Å². The van der Waals surface area contributed by atoms with Crippen molar-refractivity contribution in [3.63, 3.8) is 0 Å². The van der Waals surface area contributed by atoms with E-state index in [1.165, 1.54) is 12.1 Å². The van der Waals surface area contributed by atoms with Crippen LogP contribution in [0.15, 0.2) is 45.3 Å². The predicted octanol–water partition coefficient (Wildman–Crippen LogP) is 5.04. The molecule has 0 aliphatic heterocycles. The molecule has 0 heterocycles. The van der Waals surface area contributed by atoms with Crippen LogP contribution < -0.4 is 5.32 Å². The standard InChI is InChI=1S/C16H15Br2F2N/c1-21-9-10(11-4-2-3-5-13(11)17)8-12-15(19)7-6-14(18)16(12)20/h2-7,10,21H,8-9H2,1H3. The predicted molar refractivity (Wildman–Crippen MR) is 88.6 cm³/mol. The lowest BCUT2D eigenvalue weighted by molar-refractivity contribution is 0.525. The van der Waals surface area contributed by atoms with Crippen LogP contribution in [0.3, 0.4) is 0 Å². The summed E-state index contributed by atoms with van der Waals surface area (Å²) >= 11 is 6.62. The lowest BCUT2D eigenvalue weighted by atomic mass is 9.91. The second-order valence-electron chi connectivity index (χ2n) is 4.80. The second kappa shape index (κ2) is 7.47. The smallest absolute Gasteiger partial charge is 0.143 e. The number of likely N-dealkylation sites (N-methyl/N-ethyl adjacent to an activating group) is 1. The number of halogens is 4. The van der Waals surface area contributed by atoms with Gasteiger partial charge >= 0.3 is 0 Å². The highest BCUT2D eigenvalue weighted by Gasteiger charge is 2.20. The topological polar surface area (TPSA) is 12.0 Å². The van der Waals surface area contributed by atoms with Crippen molar-refractivity contribution in [2.45, 2.75) is 12.3 Å². The Morgan fingerprint density at radius 2 is 1.76 bits per heavy atom. The van der Waals surface area contributed by atoms with Crippen molar-refractivity contribution < 1.29 is 8.78 Å². The molecule has 1 N–H and O–H groups in total. The van der Waals surface area contributed by atoms with E-state index in [4.69, 9.17) is 0 Å². The molecule has 0 saturated carbocycles. The Bertz CT molecular complexity index is 632. The van der Waals surface area contributed by atoms with Gasteiger partial charge in [0.25, 0.3) is 0 Å². The highest BCUT2D eigenvalue weighted by molar-refractivity contribution is 9.10. The molecule has 0 saturated heterocycles. The maximum Gasteiger partial charge on any atom is 0.143 e. The Kier molecular flexibility index (Phi) is 5.90. The molecule has 5 heteroatoms. The molecular weight excluding hydrogens is 404 g/mol. The van der Waals surface area contributed by atoms with Gasteiger partial charge in [-0.25, -0.2) is 8.78 Å². The minimum Gasteiger partial charge on any atom is -0.319 e. The molecule has 0 fully saturated rings. The van der Waals surface area contributed by atoms with E-state index in [0.29, 0.717) is 13.0 Å². The van der Waals surface area contributed by atoms with Crippen LogP contribution >= 0.6 is 31.9 Å². The Labute approximate surface area is 140 Å². The van der Waals surface area contributed by atoms with Crippen molar-refractivity contribution in [2.24, 2.45) is 0 Å². The van der Waals surface area contributed by atoms with Gasteiger partial charge in [0, 0.05) is 22.5 Å². The first-order valence-corrected chi connectivity index (χ1v) is 8.14. The molecule has 1 nitrogen and oxygen atoms in total. The van der Waals surface area contributed by atoms with Crippen LogP contribution in [0.25, 0.3) is 0 Å². The molecular formula is C16H15Br2F2N. The molecule has 1 unspecified atom stereocenters. The first kappa shape index (κ1) is 16.6. The Morgan fingerprint density at radius 3 is 2.43 bits per heavy atom. The van der Waals surface area contributed by atoms with Crippen LogP contribution in [0.4, 0.5) is 8.78 Å². The van der Waals surface area contributed by atoms with E-state index < -0.39 is 11.6 Å². The Hall–Kier alpha value is -0.780. The third-order valence-electron chi connectivity index (χ3n) is 3.39. The van der Waals surface area contributed by atoms with E-state index >= 15 is 0 Å². The van der Waals surface area contributed by atoms with Crippen LogP contribution in [0.2, 0.25) is 0 Å². The average molecular weight is 419 g/mol. The van der Waals surface area contributed by atoms with E-state index in [2.05, 4.69) is 37.2 Å². The van der Waals surface area contributed by atoms with Crippen LogP contribution in [-0.4, -0.2) is 13.6 Å². The van der Waals surface area contributed by atoms with E-state index in [9.17, 15) is 8.78 Å². The second-order valence-corrected chi connectivity index (χ2v) is 6.51. The van der Waals surface area contributed by atoms with Gasteiger partial charge in [0.05, 0.1) is 4.47 Å². The highest BCUT2D eigenvalue weighted by Crippen LogP contribution is 2.30. The molecule has 1 atom stereocenters. The highest BCUT2D eigenvalue weighted by atomic mass is 79.9. The molecule has 0 spiro atoms. The van der Waals surface area contributed by atoms with Crippen molar-refractivity contribution in [3.8, 4) is 0 Å². The number of benzene rings is 2. The fourth-order valence-corrected chi connectivity index (χ4v) is 3.33. The van der Waals surface area contributed by atoms with Crippen molar-refractivity contribution in [1.82, 2.24) is 5.32 Å². The molecule has 21 heavy (non-hydrogen) atoms. The largest absolute Gasteiger partial charge is 0.319 e. The first-order chi connectivity index (χ1) is 10.0. The van der Waals surface area contributed by atoms with Crippen LogP contribution in [0.5, 0.6) is 0 Å². The van der Waals surface area contributed by atoms with E-state index in [1.54, 1.807) is 0 Å². The fraction of sp³-hybridized carbons (Fsp3) is 0.250. The molecule has 0 aliphatic rings. The van der Waals surface area contributed by atoms with Gasteiger partial charge in [-0.3, -0.25) is 0 Å². The molecule has 2 aromatic rings. The lowest BCUT2D eigenvalue weighted by Crippen LogP contribution is -2.20. The normalized spacial score (nSPS) is 12.4. The summed E-state index contributed by atoms with van der Waals surface area (Å²) in [5, 5.41) is 3.09. The summed E-state index contributed by atoms with van der Waals surface area (Å²) in [5.41, 5.74) is 1.14. The average Bonchev–Trinajstić information content (AvgIpc) is 2.47. The number of rotatable bonds is 5. The number of hydrogen-bond acceptors (Lipinski definition) is 1. The Morgan fingerprint density at radius 1 is 1.05 bits per heavy atom. The molecule has 0 bridgehead atoms. The van der Waals surface area contributed by atoms with Crippen molar-refractivity contribution in [1.29, 1.82) is 0 Å². The summed E-state index contributed by atoms with van der Waals surface area (Å²) in [5.74, 6) is -1.06. The molecule has 0 radical (unpaired) electrons. The van der Waals surface area contributed by atoms with Gasteiger partial charge in [0.2, 0.25) is 0 Å². The molecule has 0 aliphatic carbocycles. The maximum atomic E-state index is 14.2. The summed E-state index contributed by atoms with van der Waals surface area (Å²) in [6.45, 7) is 0.633. The van der Waals surface area contributed by atoms with Crippen LogP contribution in [0, 0.1) is 11.6 Å². The SMILES string of the molecule is CNCC(Cc1c(F)ccc(Br)c1F)c1ccccc1Br. The molecule has 112 valence electrons. The molecule has 2 rings (SSSR count). The minimum absolute atomic E-state index is 0.0242. The molecule has 0 amide bonds. The fourth-order valence-electron chi connectivity index (χ4n) is 2.35. The van der Waals surface area contributed by atoms with Crippen molar-refractivity contribution in [2.75, 3.05) is 13.6 Å². The summed E-state index contributed by atoms with van der Waals surface area (Å²) in [6.07, 6.45) is 0.292. The quantitative estimate of drug-likeness (QED) is 0.671. The Balaban J connectivity index is 2.38. The number of nitrogens with one attached hydrogen (secondary N) is 1. The summed E-state index contributed by atoms with van der Waals surface area (Å²) in [4.78, 5) is 0. The zero-order valence-corrected chi connectivity index (χ0v) is 14.6. The minimum atomic E-state index is -0.525. The summed E-state index contributed by atoms with van der Waals surface area (Å²) in [7, 11) is 1.83.